The lowest BCUT2D eigenvalue weighted by molar-refractivity contribution is -0.194. The van der Waals surface area contributed by atoms with E-state index in [-0.39, 0.29) is 0 Å². The zero-order valence-corrected chi connectivity index (χ0v) is 6.68. The van der Waals surface area contributed by atoms with Gasteiger partial charge in [-0.3, -0.25) is 0 Å². The molecule has 11 heavy (non-hydrogen) atoms. The van der Waals surface area contributed by atoms with Gasteiger partial charge < -0.3 is 4.89 Å². The molecule has 58 valence electrons. The van der Waals surface area contributed by atoms with Gasteiger partial charge in [-0.25, -0.2) is 0 Å². The van der Waals surface area contributed by atoms with Gasteiger partial charge >= 0.3 is 0 Å². The average Bonchev–Trinajstić information content (AvgIpc) is 2.36. The molecule has 0 bridgehead atoms. The number of rotatable bonds is 0. The van der Waals surface area contributed by atoms with E-state index in [4.69, 9.17) is 9.78 Å². The van der Waals surface area contributed by atoms with Crippen LogP contribution < -0.4 is 4.89 Å². The fraction of sp³-hybridized carbons (Fsp3) is 0.333. The topological polar surface area (TPSA) is 18.5 Å². The molecule has 1 aromatic rings. The Morgan fingerprint density at radius 1 is 1.18 bits per heavy atom. The molecule has 0 aromatic heterocycles. The summed E-state index contributed by atoms with van der Waals surface area (Å²) in [7, 11) is 0. The molecule has 0 saturated heterocycles. The maximum absolute atomic E-state index is 4.93. The Kier molecular flexibility index (Phi) is 1.36. The third kappa shape index (κ3) is 0.994. The summed E-state index contributed by atoms with van der Waals surface area (Å²) in [5, 5.41) is 0. The van der Waals surface area contributed by atoms with Crippen molar-refractivity contribution in [1.29, 1.82) is 0 Å². The van der Waals surface area contributed by atoms with Crippen molar-refractivity contribution in [3.8, 4) is 5.75 Å². The van der Waals surface area contributed by atoms with Crippen molar-refractivity contribution >= 4 is 0 Å². The quantitative estimate of drug-likeness (QED) is 0.527. The Morgan fingerprint density at radius 3 is 2.73 bits per heavy atom. The van der Waals surface area contributed by atoms with Gasteiger partial charge in [-0.1, -0.05) is 0 Å². The number of aryl methyl sites for hydroxylation is 2. The normalized spacial score (nSPS) is 14.4. The summed E-state index contributed by atoms with van der Waals surface area (Å²) in [6.07, 6.45) is 0. The van der Waals surface area contributed by atoms with Gasteiger partial charge in [0, 0.05) is 5.56 Å². The van der Waals surface area contributed by atoms with Crippen LogP contribution >= 0.6 is 0 Å². The molecule has 1 aromatic carbocycles. The van der Waals surface area contributed by atoms with Crippen molar-refractivity contribution in [3.05, 3.63) is 28.8 Å². The van der Waals surface area contributed by atoms with Crippen LogP contribution in [0.1, 0.15) is 16.7 Å². The molecule has 0 radical (unpaired) electrons. The van der Waals surface area contributed by atoms with E-state index in [9.17, 15) is 0 Å². The highest BCUT2D eigenvalue weighted by Gasteiger charge is 2.14. The van der Waals surface area contributed by atoms with Crippen LogP contribution in [-0.4, -0.2) is 0 Å². The van der Waals surface area contributed by atoms with E-state index in [0.717, 1.165) is 11.3 Å². The Morgan fingerprint density at radius 2 is 1.91 bits per heavy atom. The first kappa shape index (κ1) is 6.68. The van der Waals surface area contributed by atoms with Crippen LogP contribution in [0.5, 0.6) is 5.75 Å². The maximum Gasteiger partial charge on any atom is 0.171 e. The van der Waals surface area contributed by atoms with Crippen molar-refractivity contribution in [2.45, 2.75) is 20.5 Å². The zero-order valence-electron chi connectivity index (χ0n) is 6.68. The standard InChI is InChI=1S/C9H10O2/c1-6-3-8-5-10-11-9(8)4-7(6)2/h3-4H,5H2,1-2H3. The van der Waals surface area contributed by atoms with Gasteiger partial charge in [-0.15, -0.1) is 0 Å². The Bertz CT molecular complexity index is 263. The third-order valence-corrected chi connectivity index (χ3v) is 2.04. The highest BCUT2D eigenvalue weighted by atomic mass is 17.2. The minimum Gasteiger partial charge on any atom is -0.337 e. The molecule has 0 aliphatic carbocycles. The second-order valence-corrected chi connectivity index (χ2v) is 2.89. The van der Waals surface area contributed by atoms with Crippen LogP contribution in [0.2, 0.25) is 0 Å². The Hall–Kier alpha value is -1.02. The van der Waals surface area contributed by atoms with E-state index >= 15 is 0 Å². The molecule has 0 atom stereocenters. The Balaban J connectivity index is 2.57. The molecule has 0 spiro atoms. The number of hydrogen-bond acceptors (Lipinski definition) is 2. The maximum atomic E-state index is 4.93. The molecule has 1 aliphatic rings. The van der Waals surface area contributed by atoms with Crippen molar-refractivity contribution in [2.75, 3.05) is 0 Å². The lowest BCUT2D eigenvalue weighted by Gasteiger charge is -2.00. The fourth-order valence-electron chi connectivity index (χ4n) is 1.20. The van der Waals surface area contributed by atoms with Crippen molar-refractivity contribution in [2.24, 2.45) is 0 Å². The predicted octanol–water partition coefficient (Wildman–Crippen LogP) is 2.13. The van der Waals surface area contributed by atoms with E-state index in [1.54, 1.807) is 0 Å². The van der Waals surface area contributed by atoms with Crippen LogP contribution in [0.25, 0.3) is 0 Å². The highest BCUT2D eigenvalue weighted by Crippen LogP contribution is 2.28. The molecule has 1 aliphatic heterocycles. The van der Waals surface area contributed by atoms with Crippen molar-refractivity contribution < 1.29 is 9.78 Å². The molecule has 1 heterocycles. The minimum atomic E-state index is 0.580. The molecule has 0 amide bonds. The molecule has 2 heteroatoms. The summed E-state index contributed by atoms with van der Waals surface area (Å²) in [6, 6.07) is 4.12. The molecule has 0 unspecified atom stereocenters. The molecular weight excluding hydrogens is 140 g/mol. The lowest BCUT2D eigenvalue weighted by atomic mass is 10.1. The third-order valence-electron chi connectivity index (χ3n) is 2.04. The van der Waals surface area contributed by atoms with Gasteiger partial charge in [0.15, 0.2) is 5.75 Å². The van der Waals surface area contributed by atoms with E-state index in [0.29, 0.717) is 6.61 Å². The zero-order chi connectivity index (χ0) is 7.84. The first-order valence-electron chi connectivity index (χ1n) is 3.67. The van der Waals surface area contributed by atoms with E-state index in [1.807, 2.05) is 6.07 Å². The van der Waals surface area contributed by atoms with Crippen LogP contribution in [0.4, 0.5) is 0 Å². The second kappa shape index (κ2) is 2.24. The highest BCUT2D eigenvalue weighted by molar-refractivity contribution is 5.42. The fourth-order valence-corrected chi connectivity index (χ4v) is 1.20. The summed E-state index contributed by atoms with van der Waals surface area (Å²) in [6.45, 7) is 4.74. The number of benzene rings is 1. The predicted molar refractivity (Wildman–Crippen MR) is 41.3 cm³/mol. The van der Waals surface area contributed by atoms with E-state index < -0.39 is 0 Å². The number of hydrogen-bond donors (Lipinski definition) is 0. The lowest BCUT2D eigenvalue weighted by Crippen LogP contribution is -1.84. The first-order chi connectivity index (χ1) is 5.27. The van der Waals surface area contributed by atoms with Crippen molar-refractivity contribution in [3.63, 3.8) is 0 Å². The van der Waals surface area contributed by atoms with Crippen LogP contribution in [-0.2, 0) is 11.5 Å². The van der Waals surface area contributed by atoms with Gasteiger partial charge in [0.2, 0.25) is 0 Å². The average molecular weight is 150 g/mol. The summed E-state index contributed by atoms with van der Waals surface area (Å²) in [4.78, 5) is 9.76. The molecular formula is C9H10O2. The molecule has 0 N–H and O–H groups in total. The summed E-state index contributed by atoms with van der Waals surface area (Å²) in [5.74, 6) is 0.869. The van der Waals surface area contributed by atoms with Gasteiger partial charge in [0.05, 0.1) is 0 Å². The molecule has 2 rings (SSSR count). The Labute approximate surface area is 65.7 Å². The van der Waals surface area contributed by atoms with Gasteiger partial charge in [-0.2, -0.15) is 4.89 Å². The monoisotopic (exact) mass is 150 g/mol. The molecule has 0 fully saturated rings. The molecule has 2 nitrogen and oxygen atoms in total. The SMILES string of the molecule is Cc1cc2c(cc1C)OOC2. The summed E-state index contributed by atoms with van der Waals surface area (Å²) in [5.41, 5.74) is 3.68. The van der Waals surface area contributed by atoms with Gasteiger partial charge in [0.25, 0.3) is 0 Å². The number of fused-ring (bicyclic) bond motifs is 1. The van der Waals surface area contributed by atoms with E-state index in [2.05, 4.69) is 19.9 Å². The minimum absolute atomic E-state index is 0.580. The van der Waals surface area contributed by atoms with Gasteiger partial charge in [0.1, 0.15) is 6.61 Å². The van der Waals surface area contributed by atoms with Crippen LogP contribution in [0, 0.1) is 13.8 Å². The smallest absolute Gasteiger partial charge is 0.171 e. The van der Waals surface area contributed by atoms with Crippen molar-refractivity contribution in [1.82, 2.24) is 0 Å². The van der Waals surface area contributed by atoms with Crippen LogP contribution in [0.3, 0.4) is 0 Å². The largest absolute Gasteiger partial charge is 0.337 e. The van der Waals surface area contributed by atoms with Gasteiger partial charge in [-0.05, 0) is 37.1 Å². The van der Waals surface area contributed by atoms with E-state index in [1.165, 1.54) is 11.1 Å². The second-order valence-electron chi connectivity index (χ2n) is 2.89. The summed E-state index contributed by atoms with van der Waals surface area (Å²) >= 11 is 0. The van der Waals surface area contributed by atoms with Crippen LogP contribution in [0.15, 0.2) is 12.1 Å². The first-order valence-corrected chi connectivity index (χ1v) is 3.67. The molecule has 0 saturated carbocycles. The summed E-state index contributed by atoms with van der Waals surface area (Å²) < 4.78 is 0.